The summed E-state index contributed by atoms with van der Waals surface area (Å²) in [5, 5.41) is 3.21. The van der Waals surface area contributed by atoms with Gasteiger partial charge in [-0.05, 0) is 18.6 Å². The molecule has 0 amide bonds. The summed E-state index contributed by atoms with van der Waals surface area (Å²) >= 11 is 0. The summed E-state index contributed by atoms with van der Waals surface area (Å²) in [6.07, 6.45) is 6.60. The van der Waals surface area contributed by atoms with E-state index in [4.69, 9.17) is 5.73 Å². The zero-order chi connectivity index (χ0) is 11.4. The monoisotopic (exact) mass is 215 g/mol. The van der Waals surface area contributed by atoms with E-state index in [0.717, 1.165) is 5.56 Å². The number of nitrogens with zero attached hydrogens (tertiary/aromatic N) is 3. The number of hydrogen-bond acceptors (Lipinski definition) is 5. The molecular weight excluding hydrogens is 202 g/mol. The average molecular weight is 215 g/mol. The van der Waals surface area contributed by atoms with Crippen molar-refractivity contribution in [1.82, 2.24) is 15.0 Å². The molecule has 2 rings (SSSR count). The number of hydrogen-bond donors (Lipinski definition) is 2. The van der Waals surface area contributed by atoms with Crippen molar-refractivity contribution in [2.75, 3.05) is 11.1 Å². The van der Waals surface area contributed by atoms with Gasteiger partial charge in [0.15, 0.2) is 5.82 Å². The summed E-state index contributed by atoms with van der Waals surface area (Å²) < 4.78 is 0. The number of nitrogens with two attached hydrogens (primary N) is 1. The van der Waals surface area contributed by atoms with Crippen LogP contribution in [0.4, 0.5) is 11.5 Å². The minimum Gasteiger partial charge on any atom is -0.394 e. The topological polar surface area (TPSA) is 76.7 Å². The van der Waals surface area contributed by atoms with Gasteiger partial charge in [0.25, 0.3) is 0 Å². The summed E-state index contributed by atoms with van der Waals surface area (Å²) in [6, 6.07) is 4.00. The first-order valence-electron chi connectivity index (χ1n) is 4.99. The highest BCUT2D eigenvalue weighted by Gasteiger charge is 2.07. The highest BCUT2D eigenvalue weighted by atomic mass is 15.1. The predicted octanol–water partition coefficient (Wildman–Crippen LogP) is 1.63. The standard InChI is InChI=1S/C11H13N5/c1-8(9-3-2-4-13-5-9)16-11-10(12)6-14-7-15-11/h2-8H,12H2,1H3,(H,14,15,16). The highest BCUT2D eigenvalue weighted by molar-refractivity contribution is 5.59. The lowest BCUT2D eigenvalue weighted by atomic mass is 10.1. The molecular formula is C11H13N5. The number of nitrogens with one attached hydrogen (secondary N) is 1. The fourth-order valence-electron chi connectivity index (χ4n) is 1.38. The molecule has 0 aliphatic carbocycles. The summed E-state index contributed by atoms with van der Waals surface area (Å²) in [5.41, 5.74) is 7.37. The minimum absolute atomic E-state index is 0.103. The quantitative estimate of drug-likeness (QED) is 0.813. The van der Waals surface area contributed by atoms with E-state index >= 15 is 0 Å². The molecule has 0 aromatic carbocycles. The first kappa shape index (κ1) is 10.4. The van der Waals surface area contributed by atoms with Crippen molar-refractivity contribution in [3.05, 3.63) is 42.6 Å². The van der Waals surface area contributed by atoms with E-state index in [-0.39, 0.29) is 6.04 Å². The molecule has 2 heterocycles. The first-order chi connectivity index (χ1) is 7.77. The normalized spacial score (nSPS) is 12.1. The van der Waals surface area contributed by atoms with Crippen LogP contribution in [0.2, 0.25) is 0 Å². The van der Waals surface area contributed by atoms with Crippen LogP contribution < -0.4 is 11.1 Å². The van der Waals surface area contributed by atoms with Gasteiger partial charge in [0.05, 0.1) is 17.9 Å². The van der Waals surface area contributed by atoms with Gasteiger partial charge in [0, 0.05) is 12.4 Å². The molecule has 0 saturated heterocycles. The number of aromatic nitrogens is 3. The second-order valence-corrected chi connectivity index (χ2v) is 3.48. The van der Waals surface area contributed by atoms with Gasteiger partial charge in [0.2, 0.25) is 0 Å². The third-order valence-electron chi connectivity index (χ3n) is 2.28. The molecule has 5 heteroatoms. The van der Waals surface area contributed by atoms with Crippen molar-refractivity contribution in [2.24, 2.45) is 0 Å². The number of rotatable bonds is 3. The molecule has 0 fully saturated rings. The molecule has 82 valence electrons. The second kappa shape index (κ2) is 4.57. The van der Waals surface area contributed by atoms with E-state index in [9.17, 15) is 0 Å². The smallest absolute Gasteiger partial charge is 0.153 e. The Morgan fingerprint density at radius 2 is 2.19 bits per heavy atom. The van der Waals surface area contributed by atoms with Gasteiger partial charge in [-0.3, -0.25) is 4.98 Å². The van der Waals surface area contributed by atoms with Crippen LogP contribution in [0, 0.1) is 0 Å². The Balaban J connectivity index is 2.14. The molecule has 2 aromatic rings. The molecule has 2 aromatic heterocycles. The Morgan fingerprint density at radius 3 is 2.88 bits per heavy atom. The molecule has 0 saturated carbocycles. The van der Waals surface area contributed by atoms with E-state index in [2.05, 4.69) is 20.3 Å². The third kappa shape index (κ3) is 2.25. The Labute approximate surface area is 93.8 Å². The number of pyridine rings is 1. The first-order valence-corrected chi connectivity index (χ1v) is 4.99. The third-order valence-corrected chi connectivity index (χ3v) is 2.28. The lowest BCUT2D eigenvalue weighted by Gasteiger charge is -2.15. The van der Waals surface area contributed by atoms with Gasteiger partial charge >= 0.3 is 0 Å². The predicted molar refractivity (Wildman–Crippen MR) is 62.7 cm³/mol. The lowest BCUT2D eigenvalue weighted by molar-refractivity contribution is 0.865. The molecule has 3 N–H and O–H groups in total. The highest BCUT2D eigenvalue weighted by Crippen LogP contribution is 2.19. The van der Waals surface area contributed by atoms with Gasteiger partial charge in [-0.15, -0.1) is 0 Å². The van der Waals surface area contributed by atoms with Crippen LogP contribution in [0.15, 0.2) is 37.1 Å². The van der Waals surface area contributed by atoms with Gasteiger partial charge < -0.3 is 11.1 Å². The van der Waals surface area contributed by atoms with Gasteiger partial charge in [-0.2, -0.15) is 0 Å². The lowest BCUT2D eigenvalue weighted by Crippen LogP contribution is -2.10. The van der Waals surface area contributed by atoms with Gasteiger partial charge in [0.1, 0.15) is 6.33 Å². The number of anilines is 2. The fraction of sp³-hybridized carbons (Fsp3) is 0.182. The Hall–Kier alpha value is -2.17. The summed E-state index contributed by atoms with van der Waals surface area (Å²) in [7, 11) is 0. The second-order valence-electron chi connectivity index (χ2n) is 3.48. The molecule has 0 aliphatic heterocycles. The summed E-state index contributed by atoms with van der Waals surface area (Å²) in [6.45, 7) is 2.03. The van der Waals surface area contributed by atoms with Crippen molar-refractivity contribution in [3.63, 3.8) is 0 Å². The zero-order valence-corrected chi connectivity index (χ0v) is 8.96. The van der Waals surface area contributed by atoms with Crippen molar-refractivity contribution in [2.45, 2.75) is 13.0 Å². The van der Waals surface area contributed by atoms with Crippen molar-refractivity contribution < 1.29 is 0 Å². The number of nitrogen functional groups attached to an aromatic ring is 1. The van der Waals surface area contributed by atoms with Crippen LogP contribution in [-0.2, 0) is 0 Å². The maximum Gasteiger partial charge on any atom is 0.153 e. The minimum atomic E-state index is 0.103. The van der Waals surface area contributed by atoms with Gasteiger partial charge in [-0.25, -0.2) is 9.97 Å². The van der Waals surface area contributed by atoms with Crippen molar-refractivity contribution >= 4 is 11.5 Å². The molecule has 16 heavy (non-hydrogen) atoms. The molecule has 1 unspecified atom stereocenters. The molecule has 0 aliphatic rings. The Morgan fingerprint density at radius 1 is 1.31 bits per heavy atom. The molecule has 0 radical (unpaired) electrons. The zero-order valence-electron chi connectivity index (χ0n) is 8.96. The van der Waals surface area contributed by atoms with Crippen LogP contribution >= 0.6 is 0 Å². The summed E-state index contributed by atoms with van der Waals surface area (Å²) in [5.74, 6) is 0.645. The van der Waals surface area contributed by atoms with E-state index < -0.39 is 0 Å². The van der Waals surface area contributed by atoms with Crippen LogP contribution in [0.1, 0.15) is 18.5 Å². The van der Waals surface area contributed by atoms with Crippen molar-refractivity contribution in [1.29, 1.82) is 0 Å². The van der Waals surface area contributed by atoms with E-state index in [0.29, 0.717) is 11.5 Å². The summed E-state index contributed by atoms with van der Waals surface area (Å²) in [4.78, 5) is 12.0. The SMILES string of the molecule is CC(Nc1ncncc1N)c1cccnc1. The molecule has 1 atom stereocenters. The van der Waals surface area contributed by atoms with Crippen LogP contribution in [0.5, 0.6) is 0 Å². The van der Waals surface area contributed by atoms with Crippen LogP contribution in [-0.4, -0.2) is 15.0 Å². The van der Waals surface area contributed by atoms with E-state index in [1.165, 1.54) is 6.33 Å². The molecule has 5 nitrogen and oxygen atoms in total. The Kier molecular flexibility index (Phi) is 2.95. The van der Waals surface area contributed by atoms with Crippen molar-refractivity contribution in [3.8, 4) is 0 Å². The molecule has 0 bridgehead atoms. The Bertz CT molecular complexity index is 457. The van der Waals surface area contributed by atoms with Crippen LogP contribution in [0.3, 0.4) is 0 Å². The largest absolute Gasteiger partial charge is 0.394 e. The van der Waals surface area contributed by atoms with Gasteiger partial charge in [-0.1, -0.05) is 6.07 Å². The maximum atomic E-state index is 5.74. The average Bonchev–Trinajstić information content (AvgIpc) is 2.33. The van der Waals surface area contributed by atoms with Crippen LogP contribution in [0.25, 0.3) is 0 Å². The fourth-order valence-corrected chi connectivity index (χ4v) is 1.38. The molecule has 0 spiro atoms. The maximum absolute atomic E-state index is 5.74. The van der Waals surface area contributed by atoms with E-state index in [1.807, 2.05) is 25.3 Å². The van der Waals surface area contributed by atoms with E-state index in [1.54, 1.807) is 12.4 Å².